The minimum Gasteiger partial charge on any atom is -0.372 e. The van der Waals surface area contributed by atoms with Gasteiger partial charge in [0.05, 0.1) is 13.0 Å². The summed E-state index contributed by atoms with van der Waals surface area (Å²) in [6, 6.07) is 5.27. The van der Waals surface area contributed by atoms with Crippen molar-refractivity contribution in [1.82, 2.24) is 15.2 Å². The van der Waals surface area contributed by atoms with E-state index in [4.69, 9.17) is 34.5 Å². The molecule has 0 saturated heterocycles. The zero-order valence-electron chi connectivity index (χ0n) is 16.3. The smallest absolute Gasteiger partial charge is 0.372 e. The molecule has 2 aliphatic heterocycles. The van der Waals surface area contributed by atoms with E-state index >= 15 is 0 Å². The first-order valence-electron chi connectivity index (χ1n) is 9.36. The van der Waals surface area contributed by atoms with Gasteiger partial charge in [-0.25, -0.2) is 0 Å². The lowest BCUT2D eigenvalue weighted by Gasteiger charge is -2.30. The van der Waals surface area contributed by atoms with Crippen LogP contribution < -0.4 is 5.32 Å². The largest absolute Gasteiger partial charge is 0.435 e. The fraction of sp³-hybridized carbons (Fsp3) is 0.286. The van der Waals surface area contributed by atoms with E-state index in [0.29, 0.717) is 0 Å². The molecule has 2 aliphatic rings. The van der Waals surface area contributed by atoms with Crippen molar-refractivity contribution < 1.29 is 22.8 Å². The predicted octanol–water partition coefficient (Wildman–Crippen LogP) is 4.26. The molecule has 4 rings (SSSR count). The molecule has 1 aromatic heterocycles. The number of carbonyl (C=O) groups excluding carboxylic acids is 1. The molecule has 6 nitrogen and oxygen atoms in total. The molecule has 166 valence electrons. The van der Waals surface area contributed by atoms with Gasteiger partial charge in [-0.05, 0) is 35.4 Å². The molecule has 1 unspecified atom stereocenters. The number of amides is 1. The van der Waals surface area contributed by atoms with Crippen molar-refractivity contribution in [3.63, 3.8) is 0 Å². The number of nitrogens with zero attached hydrogens (tertiary/aromatic N) is 3. The molecule has 1 aromatic carbocycles. The highest BCUT2D eigenvalue weighted by Gasteiger charge is 2.63. The van der Waals surface area contributed by atoms with Gasteiger partial charge in [0.25, 0.3) is 11.5 Å². The molecular formula is C21H15Cl2F3N4O2. The maximum atomic E-state index is 14.2. The van der Waals surface area contributed by atoms with Gasteiger partial charge in [-0.2, -0.15) is 13.2 Å². The molecular weight excluding hydrogens is 468 g/mol. The quantitative estimate of drug-likeness (QED) is 0.663. The number of amidine groups is 1. The molecule has 0 aliphatic carbocycles. The minimum atomic E-state index is -4.78. The molecule has 0 saturated carbocycles. The first-order chi connectivity index (χ1) is 15.1. The van der Waals surface area contributed by atoms with Gasteiger partial charge in [-0.1, -0.05) is 34.3 Å². The molecule has 3 heterocycles. The first kappa shape index (κ1) is 22.2. The van der Waals surface area contributed by atoms with Crippen molar-refractivity contribution >= 4 is 34.9 Å². The average Bonchev–Trinajstić information content (AvgIpc) is 3.35. The molecule has 1 amide bonds. The Morgan fingerprint density at radius 2 is 1.91 bits per heavy atom. The molecule has 0 bridgehead atoms. The van der Waals surface area contributed by atoms with Crippen LogP contribution in [0.2, 0.25) is 10.0 Å². The molecule has 2 aromatic rings. The highest BCUT2D eigenvalue weighted by Crippen LogP contribution is 2.49. The summed E-state index contributed by atoms with van der Waals surface area (Å²) in [6.07, 6.45) is 1.32. The number of halogens is 5. The lowest BCUT2D eigenvalue weighted by molar-refractivity contribution is -0.275. The van der Waals surface area contributed by atoms with Crippen LogP contribution in [0.5, 0.6) is 0 Å². The summed E-state index contributed by atoms with van der Waals surface area (Å²) >= 11 is 11.9. The predicted molar refractivity (Wildman–Crippen MR) is 112 cm³/mol. The van der Waals surface area contributed by atoms with Gasteiger partial charge in [-0.3, -0.25) is 9.78 Å². The number of oxime groups is 1. The van der Waals surface area contributed by atoms with E-state index in [1.807, 2.05) is 0 Å². The monoisotopic (exact) mass is 482 g/mol. The maximum absolute atomic E-state index is 14.2. The Morgan fingerprint density at radius 1 is 1.22 bits per heavy atom. The lowest BCUT2D eigenvalue weighted by atomic mass is 9.89. The Kier molecular flexibility index (Phi) is 5.69. The summed E-state index contributed by atoms with van der Waals surface area (Å²) in [5.74, 6) is 1.99. The number of hydrogen-bond donors (Lipinski definition) is 1. The van der Waals surface area contributed by atoms with Crippen LogP contribution in [0, 0.1) is 12.3 Å². The van der Waals surface area contributed by atoms with Crippen LogP contribution in [-0.4, -0.2) is 34.3 Å². The van der Waals surface area contributed by atoms with Gasteiger partial charge in [0.15, 0.2) is 0 Å². The van der Waals surface area contributed by atoms with Gasteiger partial charge in [0, 0.05) is 34.9 Å². The van der Waals surface area contributed by atoms with Crippen LogP contribution in [0.3, 0.4) is 0 Å². The molecule has 32 heavy (non-hydrogen) atoms. The molecule has 0 spiro atoms. The van der Waals surface area contributed by atoms with Crippen LogP contribution in [0.4, 0.5) is 13.2 Å². The highest BCUT2D eigenvalue weighted by molar-refractivity contribution is 6.34. The van der Waals surface area contributed by atoms with Crippen LogP contribution in [0.1, 0.15) is 33.6 Å². The standard InChI is InChI=1S/C21H15Cl2F3N4O2/c1-2-3-27-19(31)17-4-12-10-30(11-13(12)9-28-17)18-8-20(32-29-18,21(24,25)26)14-5-15(22)7-16(23)6-14/h1,4-7,9H,3,8,10-11H2,(H,27,31). The van der Waals surface area contributed by atoms with E-state index in [1.54, 1.807) is 11.0 Å². The van der Waals surface area contributed by atoms with Gasteiger partial charge in [-0.15, -0.1) is 6.42 Å². The first-order valence-corrected chi connectivity index (χ1v) is 10.1. The van der Waals surface area contributed by atoms with Crippen LogP contribution in [-0.2, 0) is 23.5 Å². The van der Waals surface area contributed by atoms with Crippen molar-refractivity contribution in [3.8, 4) is 12.3 Å². The van der Waals surface area contributed by atoms with Crippen LogP contribution in [0.25, 0.3) is 0 Å². The highest BCUT2D eigenvalue weighted by atomic mass is 35.5. The van der Waals surface area contributed by atoms with E-state index in [9.17, 15) is 18.0 Å². The zero-order chi connectivity index (χ0) is 23.1. The Morgan fingerprint density at radius 3 is 2.56 bits per heavy atom. The topological polar surface area (TPSA) is 66.8 Å². The second-order valence-corrected chi connectivity index (χ2v) is 8.21. The third-order valence-electron chi connectivity index (χ3n) is 5.25. The Hall–Kier alpha value is -2.96. The van der Waals surface area contributed by atoms with Crippen molar-refractivity contribution in [2.75, 3.05) is 6.54 Å². The molecule has 11 heteroatoms. The lowest BCUT2D eigenvalue weighted by Crippen LogP contribution is -2.43. The Labute approximate surface area is 191 Å². The fourth-order valence-corrected chi connectivity index (χ4v) is 4.18. The summed E-state index contributed by atoms with van der Waals surface area (Å²) < 4.78 is 42.5. The third kappa shape index (κ3) is 3.96. The zero-order valence-corrected chi connectivity index (χ0v) is 17.9. The van der Waals surface area contributed by atoms with E-state index in [1.165, 1.54) is 24.4 Å². The fourth-order valence-electron chi connectivity index (χ4n) is 3.66. The minimum absolute atomic E-state index is 0.0588. The molecule has 0 fully saturated rings. The van der Waals surface area contributed by atoms with Crippen LogP contribution >= 0.6 is 23.2 Å². The third-order valence-corrected chi connectivity index (χ3v) is 5.69. The Bertz CT molecular complexity index is 1140. The van der Waals surface area contributed by atoms with Crippen molar-refractivity contribution in [3.05, 3.63) is 62.9 Å². The van der Waals surface area contributed by atoms with Crippen molar-refractivity contribution in [1.29, 1.82) is 0 Å². The second kappa shape index (κ2) is 8.19. The number of benzene rings is 1. The SMILES string of the molecule is C#CCNC(=O)c1cc2c(cn1)CN(C1=NOC(c3cc(Cl)cc(Cl)c3)(C(F)(F)F)C1)C2. The average molecular weight is 483 g/mol. The number of nitrogens with one attached hydrogen (secondary N) is 1. The summed E-state index contributed by atoms with van der Waals surface area (Å²) in [4.78, 5) is 22.9. The summed E-state index contributed by atoms with van der Waals surface area (Å²) in [5, 5.41) is 6.41. The second-order valence-electron chi connectivity index (χ2n) is 7.34. The molecule has 0 radical (unpaired) electrons. The van der Waals surface area contributed by atoms with Gasteiger partial charge < -0.3 is 15.1 Å². The summed E-state index contributed by atoms with van der Waals surface area (Å²) in [6.45, 7) is 0.589. The number of pyridine rings is 1. The molecule has 1 N–H and O–H groups in total. The number of carbonyl (C=O) groups is 1. The van der Waals surface area contributed by atoms with Gasteiger partial charge in [0.1, 0.15) is 11.5 Å². The number of hydrogen-bond acceptors (Lipinski definition) is 5. The van der Waals surface area contributed by atoms with Gasteiger partial charge >= 0.3 is 6.18 Å². The normalized spacial score (nSPS) is 19.8. The number of alkyl halides is 3. The van der Waals surface area contributed by atoms with E-state index in [0.717, 1.165) is 11.1 Å². The summed E-state index contributed by atoms with van der Waals surface area (Å²) in [5.41, 5.74) is -1.24. The number of terminal acetylenes is 1. The summed E-state index contributed by atoms with van der Waals surface area (Å²) in [7, 11) is 0. The Balaban J connectivity index is 1.56. The van der Waals surface area contributed by atoms with Crippen molar-refractivity contribution in [2.24, 2.45) is 5.16 Å². The van der Waals surface area contributed by atoms with E-state index < -0.39 is 24.1 Å². The number of aromatic nitrogens is 1. The number of rotatable bonds is 3. The number of fused-ring (bicyclic) bond motifs is 1. The van der Waals surface area contributed by atoms with Gasteiger partial charge in [0.2, 0.25) is 0 Å². The maximum Gasteiger partial charge on any atom is 0.435 e. The van der Waals surface area contributed by atoms with E-state index in [2.05, 4.69) is 21.4 Å². The van der Waals surface area contributed by atoms with Crippen molar-refractivity contribution in [2.45, 2.75) is 31.3 Å². The molecule has 1 atom stereocenters. The van der Waals surface area contributed by atoms with Crippen LogP contribution in [0.15, 0.2) is 35.6 Å². The van der Waals surface area contributed by atoms with E-state index in [-0.39, 0.29) is 46.8 Å².